The quantitative estimate of drug-likeness (QED) is 0.660. The van der Waals surface area contributed by atoms with E-state index in [-0.39, 0.29) is 0 Å². The molecule has 114 valence electrons. The summed E-state index contributed by atoms with van der Waals surface area (Å²) in [7, 11) is 0. The molecule has 1 aliphatic heterocycles. The van der Waals surface area contributed by atoms with E-state index >= 15 is 0 Å². The van der Waals surface area contributed by atoms with Crippen LogP contribution in [0.3, 0.4) is 0 Å². The van der Waals surface area contributed by atoms with Crippen LogP contribution < -0.4 is 5.32 Å². The van der Waals surface area contributed by atoms with Crippen LogP contribution >= 0.6 is 0 Å². The lowest BCUT2D eigenvalue weighted by Crippen LogP contribution is -2.36. The Morgan fingerprint density at radius 2 is 1.84 bits per heavy atom. The van der Waals surface area contributed by atoms with Crippen LogP contribution in [-0.2, 0) is 4.74 Å². The minimum absolute atomic E-state index is 0.397. The van der Waals surface area contributed by atoms with Gasteiger partial charge in [0.25, 0.3) is 0 Å². The van der Waals surface area contributed by atoms with Crippen molar-refractivity contribution in [3.63, 3.8) is 0 Å². The van der Waals surface area contributed by atoms with Gasteiger partial charge in [-0.25, -0.2) is 0 Å². The van der Waals surface area contributed by atoms with Crippen molar-refractivity contribution in [2.24, 2.45) is 5.92 Å². The summed E-state index contributed by atoms with van der Waals surface area (Å²) < 4.78 is 6.06. The Hall–Kier alpha value is -0.120. The predicted molar refractivity (Wildman–Crippen MR) is 82.6 cm³/mol. The lowest BCUT2D eigenvalue weighted by atomic mass is 10.1. The molecule has 3 nitrogen and oxygen atoms in total. The van der Waals surface area contributed by atoms with Gasteiger partial charge in [-0.1, -0.05) is 33.6 Å². The highest BCUT2D eigenvalue weighted by Crippen LogP contribution is 2.08. The van der Waals surface area contributed by atoms with Gasteiger partial charge in [0.1, 0.15) is 0 Å². The fourth-order valence-corrected chi connectivity index (χ4v) is 2.63. The van der Waals surface area contributed by atoms with Crippen LogP contribution in [0.5, 0.6) is 0 Å². The van der Waals surface area contributed by atoms with Crippen molar-refractivity contribution >= 4 is 0 Å². The third-order valence-electron chi connectivity index (χ3n) is 3.74. The zero-order chi connectivity index (χ0) is 13.9. The van der Waals surface area contributed by atoms with Crippen LogP contribution in [0.1, 0.15) is 52.9 Å². The van der Waals surface area contributed by atoms with Crippen LogP contribution in [0, 0.1) is 5.92 Å². The third-order valence-corrected chi connectivity index (χ3v) is 3.74. The van der Waals surface area contributed by atoms with Gasteiger partial charge < -0.3 is 15.0 Å². The Morgan fingerprint density at radius 3 is 2.47 bits per heavy atom. The molecular formula is C16H34N2O. The van der Waals surface area contributed by atoms with E-state index in [2.05, 4.69) is 31.0 Å². The number of nitrogens with zero attached hydrogens (tertiary/aromatic N) is 1. The topological polar surface area (TPSA) is 24.5 Å². The molecule has 0 aliphatic carbocycles. The fourth-order valence-electron chi connectivity index (χ4n) is 2.63. The largest absolute Gasteiger partial charge is 0.376 e. The van der Waals surface area contributed by atoms with Gasteiger partial charge >= 0.3 is 0 Å². The maximum absolute atomic E-state index is 6.06. The summed E-state index contributed by atoms with van der Waals surface area (Å²) >= 11 is 0. The van der Waals surface area contributed by atoms with E-state index in [9.17, 15) is 0 Å². The highest BCUT2D eigenvalue weighted by Gasteiger charge is 2.12. The molecule has 1 rings (SSSR count). The van der Waals surface area contributed by atoms with E-state index in [1.54, 1.807) is 0 Å². The molecule has 3 heteroatoms. The van der Waals surface area contributed by atoms with E-state index in [1.165, 1.54) is 45.2 Å². The highest BCUT2D eigenvalue weighted by molar-refractivity contribution is 4.66. The average molecular weight is 270 g/mol. The molecule has 1 unspecified atom stereocenters. The molecule has 0 bridgehead atoms. The minimum atomic E-state index is 0.397. The van der Waals surface area contributed by atoms with Crippen molar-refractivity contribution in [2.45, 2.75) is 59.0 Å². The molecule has 0 aromatic carbocycles. The summed E-state index contributed by atoms with van der Waals surface area (Å²) in [6, 6.07) is 0. The van der Waals surface area contributed by atoms with Gasteiger partial charge in [-0.3, -0.25) is 0 Å². The van der Waals surface area contributed by atoms with Crippen LogP contribution in [0.25, 0.3) is 0 Å². The van der Waals surface area contributed by atoms with E-state index in [0.717, 1.165) is 32.2 Å². The second-order valence-corrected chi connectivity index (χ2v) is 6.24. The Kier molecular flexibility index (Phi) is 9.48. The van der Waals surface area contributed by atoms with Gasteiger partial charge in [-0.05, 0) is 44.8 Å². The molecule has 1 saturated heterocycles. The molecule has 0 saturated carbocycles. The Morgan fingerprint density at radius 1 is 1.11 bits per heavy atom. The number of nitrogens with one attached hydrogen (secondary N) is 1. The van der Waals surface area contributed by atoms with Crippen molar-refractivity contribution in [3.8, 4) is 0 Å². The molecule has 0 spiro atoms. The lowest BCUT2D eigenvalue weighted by Gasteiger charge is -2.27. The zero-order valence-electron chi connectivity index (χ0n) is 13.3. The molecule has 1 atom stereocenters. The Bertz CT molecular complexity index is 203. The van der Waals surface area contributed by atoms with Crippen molar-refractivity contribution in [1.82, 2.24) is 10.2 Å². The van der Waals surface area contributed by atoms with E-state index in [1.807, 2.05) is 0 Å². The fraction of sp³-hybridized carbons (Fsp3) is 1.00. The van der Waals surface area contributed by atoms with Crippen LogP contribution in [-0.4, -0.2) is 50.3 Å². The van der Waals surface area contributed by atoms with Gasteiger partial charge in [-0.15, -0.1) is 0 Å². The van der Waals surface area contributed by atoms with Gasteiger partial charge in [0.2, 0.25) is 0 Å². The molecule has 1 aliphatic rings. The minimum Gasteiger partial charge on any atom is -0.376 e. The molecule has 0 radical (unpaired) electrons. The molecular weight excluding hydrogens is 236 g/mol. The summed E-state index contributed by atoms with van der Waals surface area (Å²) in [5.74, 6) is 0.718. The molecule has 1 heterocycles. The first-order chi connectivity index (χ1) is 9.22. The standard InChI is InChI=1S/C16H34N2O/c1-4-8-16(14-17-13-15(2)3)19-12-11-18-9-6-5-7-10-18/h15-17H,4-14H2,1-3H3. The third kappa shape index (κ3) is 8.61. The predicted octanol–water partition coefficient (Wildman–Crippen LogP) is 2.90. The Labute approximate surface area is 120 Å². The Balaban J connectivity index is 2.09. The summed E-state index contributed by atoms with van der Waals surface area (Å²) in [5.41, 5.74) is 0. The first-order valence-electron chi connectivity index (χ1n) is 8.27. The van der Waals surface area contributed by atoms with E-state index < -0.39 is 0 Å². The smallest absolute Gasteiger partial charge is 0.0700 e. The monoisotopic (exact) mass is 270 g/mol. The van der Waals surface area contributed by atoms with Gasteiger partial charge in [0.15, 0.2) is 0 Å². The van der Waals surface area contributed by atoms with Gasteiger partial charge in [0.05, 0.1) is 12.7 Å². The molecule has 0 aromatic heterocycles. The molecule has 0 amide bonds. The van der Waals surface area contributed by atoms with Crippen LogP contribution in [0.4, 0.5) is 0 Å². The lowest BCUT2D eigenvalue weighted by molar-refractivity contribution is 0.0293. The van der Waals surface area contributed by atoms with Crippen molar-refractivity contribution in [3.05, 3.63) is 0 Å². The highest BCUT2D eigenvalue weighted by atomic mass is 16.5. The number of rotatable bonds is 10. The van der Waals surface area contributed by atoms with Gasteiger partial charge in [0, 0.05) is 13.1 Å². The van der Waals surface area contributed by atoms with Crippen molar-refractivity contribution < 1.29 is 4.74 Å². The number of piperidine rings is 1. The second-order valence-electron chi connectivity index (χ2n) is 6.24. The normalized spacial score (nSPS) is 18.9. The summed E-state index contributed by atoms with van der Waals surface area (Å²) in [4.78, 5) is 2.55. The van der Waals surface area contributed by atoms with E-state index in [4.69, 9.17) is 4.74 Å². The zero-order valence-corrected chi connectivity index (χ0v) is 13.3. The number of hydrogen-bond donors (Lipinski definition) is 1. The van der Waals surface area contributed by atoms with Crippen LogP contribution in [0.15, 0.2) is 0 Å². The molecule has 0 aromatic rings. The maximum Gasteiger partial charge on any atom is 0.0700 e. The summed E-state index contributed by atoms with van der Waals surface area (Å²) in [5, 5.41) is 3.52. The molecule has 1 N–H and O–H groups in total. The summed E-state index contributed by atoms with van der Waals surface area (Å²) in [6.45, 7) is 13.4. The second kappa shape index (κ2) is 10.6. The number of hydrogen-bond acceptors (Lipinski definition) is 3. The number of likely N-dealkylation sites (tertiary alicyclic amines) is 1. The van der Waals surface area contributed by atoms with E-state index in [0.29, 0.717) is 6.10 Å². The summed E-state index contributed by atoms with van der Waals surface area (Å²) in [6.07, 6.45) is 6.93. The van der Waals surface area contributed by atoms with Gasteiger partial charge in [-0.2, -0.15) is 0 Å². The SMILES string of the molecule is CCCC(CNCC(C)C)OCCN1CCCCC1. The number of ether oxygens (including phenoxy) is 1. The first kappa shape index (κ1) is 16.9. The average Bonchev–Trinajstić information content (AvgIpc) is 2.39. The van der Waals surface area contributed by atoms with Crippen LogP contribution in [0.2, 0.25) is 0 Å². The first-order valence-corrected chi connectivity index (χ1v) is 8.27. The molecule has 19 heavy (non-hydrogen) atoms. The van der Waals surface area contributed by atoms with Crippen molar-refractivity contribution in [2.75, 3.05) is 39.3 Å². The van der Waals surface area contributed by atoms with Crippen molar-refractivity contribution in [1.29, 1.82) is 0 Å². The maximum atomic E-state index is 6.06. The molecule has 1 fully saturated rings.